The molecule has 0 aliphatic carbocycles. The minimum atomic E-state index is -3.53. The average molecular weight is 274 g/mol. The number of aromatic nitrogens is 2. The van der Waals surface area contributed by atoms with Crippen molar-refractivity contribution >= 4 is 10.0 Å². The third-order valence-corrected chi connectivity index (χ3v) is 4.52. The Balaban J connectivity index is 2.03. The lowest BCUT2D eigenvalue weighted by Crippen LogP contribution is -2.45. The van der Waals surface area contributed by atoms with Gasteiger partial charge in [0, 0.05) is 19.6 Å². The molecular formula is C10H18N4O3S. The Bertz CT molecular complexity index is 486. The van der Waals surface area contributed by atoms with Crippen LogP contribution in [0.25, 0.3) is 0 Å². The SMILES string of the molecule is Cc1n[nH]c(C)c1S(=O)(=O)NCC1CNCCO1. The average Bonchev–Trinajstić information content (AvgIpc) is 2.69. The van der Waals surface area contributed by atoms with Crippen LogP contribution in [0.5, 0.6) is 0 Å². The molecule has 1 aromatic rings. The molecule has 0 amide bonds. The molecule has 8 heteroatoms. The summed E-state index contributed by atoms with van der Waals surface area (Å²) in [6.07, 6.45) is -0.124. The maximum atomic E-state index is 12.1. The van der Waals surface area contributed by atoms with Gasteiger partial charge in [-0.3, -0.25) is 5.10 Å². The van der Waals surface area contributed by atoms with E-state index in [0.717, 1.165) is 6.54 Å². The van der Waals surface area contributed by atoms with Gasteiger partial charge < -0.3 is 10.1 Å². The standard InChI is InChI=1S/C10H18N4O3S/c1-7-10(8(2)14-13-7)18(15,16)12-6-9-5-11-3-4-17-9/h9,11-12H,3-6H2,1-2H3,(H,13,14). The van der Waals surface area contributed by atoms with Gasteiger partial charge in [0.1, 0.15) is 4.90 Å². The van der Waals surface area contributed by atoms with E-state index < -0.39 is 10.0 Å². The van der Waals surface area contributed by atoms with Crippen molar-refractivity contribution in [2.24, 2.45) is 0 Å². The molecule has 1 unspecified atom stereocenters. The minimum absolute atomic E-state index is 0.124. The maximum Gasteiger partial charge on any atom is 0.244 e. The molecule has 1 fully saturated rings. The normalized spacial score (nSPS) is 21.1. The van der Waals surface area contributed by atoms with Gasteiger partial charge in [-0.25, -0.2) is 13.1 Å². The highest BCUT2D eigenvalue weighted by Gasteiger charge is 2.24. The molecule has 1 aromatic heterocycles. The molecule has 3 N–H and O–H groups in total. The third-order valence-electron chi connectivity index (χ3n) is 2.83. The largest absolute Gasteiger partial charge is 0.374 e. The van der Waals surface area contributed by atoms with E-state index in [2.05, 4.69) is 20.2 Å². The minimum Gasteiger partial charge on any atom is -0.374 e. The molecule has 18 heavy (non-hydrogen) atoms. The molecule has 7 nitrogen and oxygen atoms in total. The molecule has 102 valence electrons. The van der Waals surface area contributed by atoms with Crippen molar-refractivity contribution in [1.82, 2.24) is 20.2 Å². The van der Waals surface area contributed by atoms with E-state index in [0.29, 0.717) is 24.5 Å². The molecular weight excluding hydrogens is 256 g/mol. The van der Waals surface area contributed by atoms with Crippen LogP contribution in [0.4, 0.5) is 0 Å². The molecule has 0 radical (unpaired) electrons. The van der Waals surface area contributed by atoms with Gasteiger partial charge in [-0.1, -0.05) is 0 Å². The van der Waals surface area contributed by atoms with Gasteiger partial charge in [0.2, 0.25) is 10.0 Å². The zero-order chi connectivity index (χ0) is 13.2. The zero-order valence-corrected chi connectivity index (χ0v) is 11.3. The lowest BCUT2D eigenvalue weighted by Gasteiger charge is -2.23. The van der Waals surface area contributed by atoms with E-state index in [4.69, 9.17) is 4.74 Å². The zero-order valence-electron chi connectivity index (χ0n) is 10.5. The molecule has 0 aromatic carbocycles. The van der Waals surface area contributed by atoms with E-state index in [9.17, 15) is 8.42 Å². The van der Waals surface area contributed by atoms with Crippen LogP contribution in [0.1, 0.15) is 11.4 Å². The Kier molecular flexibility index (Phi) is 4.00. The second-order valence-corrected chi connectivity index (χ2v) is 6.02. The highest BCUT2D eigenvalue weighted by Crippen LogP contribution is 2.16. The Morgan fingerprint density at radius 2 is 2.28 bits per heavy atom. The Morgan fingerprint density at radius 1 is 1.50 bits per heavy atom. The van der Waals surface area contributed by atoms with Gasteiger partial charge in [0.25, 0.3) is 0 Å². The number of nitrogens with zero attached hydrogens (tertiary/aromatic N) is 1. The summed E-state index contributed by atoms with van der Waals surface area (Å²) in [4.78, 5) is 0.228. The van der Waals surface area contributed by atoms with Gasteiger partial charge in [0.15, 0.2) is 0 Å². The van der Waals surface area contributed by atoms with E-state index >= 15 is 0 Å². The Hall–Kier alpha value is -0.960. The number of rotatable bonds is 4. The first-order chi connectivity index (χ1) is 8.50. The lowest BCUT2D eigenvalue weighted by atomic mass is 10.3. The van der Waals surface area contributed by atoms with Crippen molar-refractivity contribution in [2.45, 2.75) is 24.8 Å². The summed E-state index contributed by atoms with van der Waals surface area (Å²) in [5.74, 6) is 0. The number of sulfonamides is 1. The first kappa shape index (κ1) is 13.5. The van der Waals surface area contributed by atoms with Crippen LogP contribution < -0.4 is 10.0 Å². The smallest absolute Gasteiger partial charge is 0.244 e. The van der Waals surface area contributed by atoms with Crippen LogP contribution >= 0.6 is 0 Å². The number of morpholine rings is 1. The molecule has 1 atom stereocenters. The van der Waals surface area contributed by atoms with Gasteiger partial charge in [-0.05, 0) is 13.8 Å². The van der Waals surface area contributed by atoms with Crippen LogP contribution in [-0.2, 0) is 14.8 Å². The molecule has 2 rings (SSSR count). The first-order valence-corrected chi connectivity index (χ1v) is 7.32. The predicted molar refractivity (Wildman–Crippen MR) is 65.9 cm³/mol. The Labute approximate surface area is 106 Å². The summed E-state index contributed by atoms with van der Waals surface area (Å²) in [5.41, 5.74) is 1.02. The van der Waals surface area contributed by atoms with Crippen molar-refractivity contribution in [3.8, 4) is 0 Å². The summed E-state index contributed by atoms with van der Waals surface area (Å²) < 4.78 is 32.3. The summed E-state index contributed by atoms with van der Waals surface area (Å²) >= 11 is 0. The molecule has 2 heterocycles. The Morgan fingerprint density at radius 3 is 2.83 bits per heavy atom. The number of nitrogens with one attached hydrogen (secondary N) is 3. The fraction of sp³-hybridized carbons (Fsp3) is 0.700. The maximum absolute atomic E-state index is 12.1. The van der Waals surface area contributed by atoms with Crippen LogP contribution in [0.3, 0.4) is 0 Å². The molecule has 1 aliphatic heterocycles. The quantitative estimate of drug-likeness (QED) is 0.674. The van der Waals surface area contributed by atoms with Crippen molar-refractivity contribution in [1.29, 1.82) is 0 Å². The summed E-state index contributed by atoms with van der Waals surface area (Å²) in [6.45, 7) is 5.69. The summed E-state index contributed by atoms with van der Waals surface area (Å²) in [5, 5.41) is 9.71. The van der Waals surface area contributed by atoms with E-state index in [-0.39, 0.29) is 17.5 Å². The molecule has 1 aliphatic rings. The topological polar surface area (TPSA) is 96.1 Å². The van der Waals surface area contributed by atoms with E-state index in [1.807, 2.05) is 0 Å². The van der Waals surface area contributed by atoms with Crippen LogP contribution in [0, 0.1) is 13.8 Å². The summed E-state index contributed by atoms with van der Waals surface area (Å²) in [7, 11) is -3.53. The highest BCUT2D eigenvalue weighted by atomic mass is 32.2. The molecule has 1 saturated heterocycles. The van der Waals surface area contributed by atoms with Crippen molar-refractivity contribution in [3.63, 3.8) is 0 Å². The van der Waals surface area contributed by atoms with E-state index in [1.54, 1.807) is 13.8 Å². The van der Waals surface area contributed by atoms with Crippen LogP contribution in [0.2, 0.25) is 0 Å². The monoisotopic (exact) mass is 274 g/mol. The lowest BCUT2D eigenvalue weighted by molar-refractivity contribution is 0.0324. The predicted octanol–water partition coefficient (Wildman–Crippen LogP) is -0.707. The number of aryl methyl sites for hydroxylation is 2. The number of H-pyrrole nitrogens is 1. The van der Waals surface area contributed by atoms with Gasteiger partial charge in [-0.15, -0.1) is 0 Å². The second kappa shape index (κ2) is 5.35. The number of hydrogen-bond acceptors (Lipinski definition) is 5. The highest BCUT2D eigenvalue weighted by molar-refractivity contribution is 7.89. The second-order valence-electron chi connectivity index (χ2n) is 4.31. The van der Waals surface area contributed by atoms with Gasteiger partial charge in [0.05, 0.1) is 24.1 Å². The van der Waals surface area contributed by atoms with E-state index in [1.165, 1.54) is 0 Å². The number of hydrogen-bond donors (Lipinski definition) is 3. The van der Waals surface area contributed by atoms with Gasteiger partial charge >= 0.3 is 0 Å². The fourth-order valence-electron chi connectivity index (χ4n) is 1.96. The fourth-order valence-corrected chi connectivity index (χ4v) is 3.40. The first-order valence-electron chi connectivity index (χ1n) is 5.84. The third kappa shape index (κ3) is 2.89. The number of aromatic amines is 1. The van der Waals surface area contributed by atoms with Crippen molar-refractivity contribution in [2.75, 3.05) is 26.2 Å². The molecule has 0 bridgehead atoms. The van der Waals surface area contributed by atoms with Crippen LogP contribution in [0.15, 0.2) is 4.90 Å². The van der Waals surface area contributed by atoms with Crippen LogP contribution in [-0.4, -0.2) is 51.0 Å². The summed E-state index contributed by atoms with van der Waals surface area (Å²) in [6, 6.07) is 0. The molecule has 0 saturated carbocycles. The van der Waals surface area contributed by atoms with Crippen molar-refractivity contribution in [3.05, 3.63) is 11.4 Å². The molecule has 0 spiro atoms. The number of ether oxygens (including phenoxy) is 1. The van der Waals surface area contributed by atoms with Crippen molar-refractivity contribution < 1.29 is 13.2 Å². The van der Waals surface area contributed by atoms with Gasteiger partial charge in [-0.2, -0.15) is 5.10 Å².